The number of rotatable bonds is 5. The van der Waals surface area contributed by atoms with E-state index in [0.29, 0.717) is 41.2 Å². The van der Waals surface area contributed by atoms with Gasteiger partial charge in [-0.2, -0.15) is 0 Å². The summed E-state index contributed by atoms with van der Waals surface area (Å²) >= 11 is 0. The minimum Gasteiger partial charge on any atom is -0.393 e. The monoisotopic (exact) mass is 353 g/mol. The van der Waals surface area contributed by atoms with Crippen LogP contribution in [0.3, 0.4) is 0 Å². The van der Waals surface area contributed by atoms with E-state index in [1.807, 2.05) is 6.07 Å². The van der Waals surface area contributed by atoms with Crippen LogP contribution in [0, 0.1) is 11.2 Å². The molecule has 2 aromatic carbocycles. The third kappa shape index (κ3) is 3.66. The summed E-state index contributed by atoms with van der Waals surface area (Å²) in [6.45, 7) is 0.510. The average Bonchev–Trinajstić information content (AvgIpc) is 2.82. The molecule has 1 amide bonds. The zero-order valence-corrected chi connectivity index (χ0v) is 14.3. The van der Waals surface area contributed by atoms with Gasteiger partial charge in [-0.15, -0.1) is 0 Å². The zero-order valence-electron chi connectivity index (χ0n) is 14.3. The molecule has 0 saturated heterocycles. The second-order valence-corrected chi connectivity index (χ2v) is 5.81. The summed E-state index contributed by atoms with van der Waals surface area (Å²) in [5, 5.41) is 19.4. The molecule has 0 radical (unpaired) electrons. The van der Waals surface area contributed by atoms with Crippen LogP contribution in [0.1, 0.15) is 12.0 Å². The van der Waals surface area contributed by atoms with Crippen molar-refractivity contribution in [2.24, 2.45) is 0 Å². The molecule has 3 rings (SSSR count). The summed E-state index contributed by atoms with van der Waals surface area (Å²) < 4.78 is 14.6. The number of hydrogen-bond acceptors (Lipinski definition) is 5. The Labute approximate surface area is 151 Å². The Bertz CT molecular complexity index is 878. The first-order valence-electron chi connectivity index (χ1n) is 8.24. The number of allylic oxidation sites excluding steroid dienone is 1. The van der Waals surface area contributed by atoms with E-state index >= 15 is 0 Å². The van der Waals surface area contributed by atoms with Crippen LogP contribution in [0.2, 0.25) is 0 Å². The first kappa shape index (κ1) is 17.5. The maximum absolute atomic E-state index is 14.6. The average molecular weight is 353 g/mol. The molecule has 26 heavy (non-hydrogen) atoms. The van der Waals surface area contributed by atoms with Gasteiger partial charge in [-0.1, -0.05) is 12.1 Å². The van der Waals surface area contributed by atoms with E-state index in [0.717, 1.165) is 5.69 Å². The van der Waals surface area contributed by atoms with Crippen molar-refractivity contribution in [2.45, 2.75) is 6.42 Å². The topological polar surface area (TPSA) is 89.0 Å². The molecular formula is C19H20FN5O. The molecule has 7 heteroatoms. The summed E-state index contributed by atoms with van der Waals surface area (Å²) in [5.74, 6) is -0.485. The molecule has 6 nitrogen and oxygen atoms in total. The Morgan fingerprint density at radius 3 is 2.85 bits per heavy atom. The van der Waals surface area contributed by atoms with Crippen molar-refractivity contribution in [2.75, 3.05) is 29.5 Å². The van der Waals surface area contributed by atoms with Gasteiger partial charge in [0.05, 0.1) is 22.7 Å². The molecule has 0 aromatic heterocycles. The summed E-state index contributed by atoms with van der Waals surface area (Å²) in [7, 11) is 1.72. The molecule has 2 aromatic rings. The largest absolute Gasteiger partial charge is 0.393 e. The standard InChI is InChI=1S/C19H20FN5O/c1-22-11-13(10-21)12-5-6-15(14(20)9-12)24-16-3-2-4-17-19(16)23-8-7-18(26)25-17/h2-6,9-11,21-24H,7-8H2,1H3,(H,25,26)/b13-11+,21-10?. The van der Waals surface area contributed by atoms with Crippen LogP contribution in [-0.4, -0.2) is 25.7 Å². The highest BCUT2D eigenvalue weighted by atomic mass is 19.1. The molecule has 0 bridgehead atoms. The number of para-hydroxylation sites is 1. The predicted molar refractivity (Wildman–Crippen MR) is 104 cm³/mol. The van der Waals surface area contributed by atoms with Crippen molar-refractivity contribution in [3.8, 4) is 0 Å². The second-order valence-electron chi connectivity index (χ2n) is 5.81. The Balaban J connectivity index is 1.91. The molecule has 0 fully saturated rings. The Kier molecular flexibility index (Phi) is 5.17. The van der Waals surface area contributed by atoms with Crippen molar-refractivity contribution in [1.29, 1.82) is 5.41 Å². The van der Waals surface area contributed by atoms with Crippen molar-refractivity contribution in [1.82, 2.24) is 5.32 Å². The highest BCUT2D eigenvalue weighted by molar-refractivity contribution is 6.08. The van der Waals surface area contributed by atoms with Crippen LogP contribution in [-0.2, 0) is 4.79 Å². The number of hydrogen-bond donors (Lipinski definition) is 5. The summed E-state index contributed by atoms with van der Waals surface area (Å²) in [6.07, 6.45) is 3.18. The SMILES string of the molecule is CN/C=C(\C=N)c1ccc(Nc2cccc3c2NCCC(=O)N3)c(F)c1. The molecule has 1 aliphatic heterocycles. The normalized spacial score (nSPS) is 13.8. The maximum Gasteiger partial charge on any atom is 0.226 e. The molecular weight excluding hydrogens is 333 g/mol. The molecule has 0 atom stereocenters. The number of fused-ring (bicyclic) bond motifs is 1. The number of carbonyl (C=O) groups is 1. The quantitative estimate of drug-likeness (QED) is 0.532. The lowest BCUT2D eigenvalue weighted by Gasteiger charge is -2.16. The van der Waals surface area contributed by atoms with Crippen LogP contribution in [0.15, 0.2) is 42.6 Å². The van der Waals surface area contributed by atoms with Gasteiger partial charge in [0.15, 0.2) is 0 Å². The highest BCUT2D eigenvalue weighted by Crippen LogP contribution is 2.35. The fourth-order valence-electron chi connectivity index (χ4n) is 2.77. The Morgan fingerprint density at radius 2 is 2.12 bits per heavy atom. The van der Waals surface area contributed by atoms with Gasteiger partial charge >= 0.3 is 0 Å². The Hall–Kier alpha value is -3.35. The maximum atomic E-state index is 14.6. The van der Waals surface area contributed by atoms with Crippen LogP contribution in [0.4, 0.5) is 27.1 Å². The number of benzene rings is 2. The van der Waals surface area contributed by atoms with Crippen LogP contribution in [0.25, 0.3) is 5.57 Å². The van der Waals surface area contributed by atoms with E-state index in [2.05, 4.69) is 21.3 Å². The number of nitrogens with one attached hydrogen (secondary N) is 5. The van der Waals surface area contributed by atoms with Crippen LogP contribution < -0.4 is 21.3 Å². The van der Waals surface area contributed by atoms with E-state index in [1.54, 1.807) is 37.5 Å². The lowest BCUT2D eigenvalue weighted by molar-refractivity contribution is -0.115. The van der Waals surface area contributed by atoms with Crippen LogP contribution >= 0.6 is 0 Å². The molecule has 0 spiro atoms. The van der Waals surface area contributed by atoms with Gasteiger partial charge in [0.25, 0.3) is 0 Å². The lowest BCUT2D eigenvalue weighted by atomic mass is 10.1. The van der Waals surface area contributed by atoms with E-state index in [4.69, 9.17) is 5.41 Å². The van der Waals surface area contributed by atoms with E-state index in [9.17, 15) is 9.18 Å². The summed E-state index contributed by atoms with van der Waals surface area (Å²) in [5.41, 5.74) is 3.57. The molecule has 0 aliphatic carbocycles. The van der Waals surface area contributed by atoms with E-state index < -0.39 is 5.82 Å². The summed E-state index contributed by atoms with van der Waals surface area (Å²) in [4.78, 5) is 11.7. The summed E-state index contributed by atoms with van der Waals surface area (Å²) in [6, 6.07) is 10.2. The third-order valence-corrected chi connectivity index (χ3v) is 4.02. The molecule has 0 unspecified atom stereocenters. The minimum atomic E-state index is -0.429. The van der Waals surface area contributed by atoms with Gasteiger partial charge in [-0.3, -0.25) is 4.79 Å². The zero-order chi connectivity index (χ0) is 18.5. The second kappa shape index (κ2) is 7.69. The molecule has 1 aliphatic rings. The lowest BCUT2D eigenvalue weighted by Crippen LogP contribution is -2.10. The van der Waals surface area contributed by atoms with Gasteiger partial charge in [-0.25, -0.2) is 4.39 Å². The molecule has 5 N–H and O–H groups in total. The Morgan fingerprint density at radius 1 is 1.27 bits per heavy atom. The molecule has 0 saturated carbocycles. The number of carbonyl (C=O) groups excluding carboxylic acids is 1. The third-order valence-electron chi connectivity index (χ3n) is 4.02. The first-order valence-corrected chi connectivity index (χ1v) is 8.24. The van der Waals surface area contributed by atoms with Gasteiger partial charge in [-0.05, 0) is 29.8 Å². The fraction of sp³-hybridized carbons (Fsp3) is 0.158. The van der Waals surface area contributed by atoms with E-state index in [1.165, 1.54) is 12.3 Å². The highest BCUT2D eigenvalue weighted by Gasteiger charge is 2.16. The van der Waals surface area contributed by atoms with Gasteiger partial charge in [0.1, 0.15) is 5.82 Å². The van der Waals surface area contributed by atoms with Crippen molar-refractivity contribution in [3.63, 3.8) is 0 Å². The number of halogens is 1. The van der Waals surface area contributed by atoms with Crippen molar-refractivity contribution < 1.29 is 9.18 Å². The fourth-order valence-corrected chi connectivity index (χ4v) is 2.77. The van der Waals surface area contributed by atoms with E-state index in [-0.39, 0.29) is 5.91 Å². The van der Waals surface area contributed by atoms with Gasteiger partial charge in [0.2, 0.25) is 5.91 Å². The number of anilines is 4. The minimum absolute atomic E-state index is 0.0561. The van der Waals surface area contributed by atoms with Crippen molar-refractivity contribution >= 4 is 40.4 Å². The predicted octanol–water partition coefficient (Wildman–Crippen LogP) is 3.53. The van der Waals surface area contributed by atoms with Crippen molar-refractivity contribution in [3.05, 3.63) is 54.0 Å². The first-order chi connectivity index (χ1) is 12.6. The smallest absolute Gasteiger partial charge is 0.226 e. The number of amides is 1. The molecule has 134 valence electrons. The van der Waals surface area contributed by atoms with Gasteiger partial charge in [0, 0.05) is 38.0 Å². The molecule has 1 heterocycles. The van der Waals surface area contributed by atoms with Gasteiger partial charge < -0.3 is 26.7 Å². The van der Waals surface area contributed by atoms with Crippen LogP contribution in [0.5, 0.6) is 0 Å².